The van der Waals surface area contributed by atoms with E-state index in [2.05, 4.69) is 28.4 Å². The van der Waals surface area contributed by atoms with Gasteiger partial charge >= 0.3 is 0 Å². The Hall–Kier alpha value is -2.34. The summed E-state index contributed by atoms with van der Waals surface area (Å²) in [4.78, 5) is 14.3. The Labute approximate surface area is 142 Å². The SMILES string of the molecule is CN1CCC(NC(=O)COc2c[c]cc(-c3cnn(C)c3)c2)CC1. The topological polar surface area (TPSA) is 59.4 Å². The van der Waals surface area contributed by atoms with E-state index < -0.39 is 0 Å². The normalized spacial score (nSPS) is 16.1. The highest BCUT2D eigenvalue weighted by atomic mass is 16.5. The number of carbonyl (C=O) groups is 1. The molecule has 1 saturated heterocycles. The zero-order chi connectivity index (χ0) is 16.9. The molecule has 0 atom stereocenters. The summed E-state index contributed by atoms with van der Waals surface area (Å²) in [6.45, 7) is 2.07. The molecule has 127 valence electrons. The molecule has 3 rings (SSSR count). The van der Waals surface area contributed by atoms with Crippen molar-refractivity contribution in [2.45, 2.75) is 18.9 Å². The second-order valence-electron chi connectivity index (χ2n) is 6.29. The first-order valence-electron chi connectivity index (χ1n) is 8.21. The van der Waals surface area contributed by atoms with E-state index in [-0.39, 0.29) is 18.6 Å². The lowest BCUT2D eigenvalue weighted by molar-refractivity contribution is -0.124. The molecule has 1 radical (unpaired) electrons. The fourth-order valence-electron chi connectivity index (χ4n) is 2.84. The lowest BCUT2D eigenvalue weighted by Crippen LogP contribution is -2.44. The van der Waals surface area contributed by atoms with Gasteiger partial charge in [0.2, 0.25) is 0 Å². The second kappa shape index (κ2) is 7.49. The summed E-state index contributed by atoms with van der Waals surface area (Å²) < 4.78 is 7.37. The van der Waals surface area contributed by atoms with Gasteiger partial charge in [-0.3, -0.25) is 9.48 Å². The quantitative estimate of drug-likeness (QED) is 0.904. The highest BCUT2D eigenvalue weighted by molar-refractivity contribution is 5.78. The van der Waals surface area contributed by atoms with Gasteiger partial charge in [-0.15, -0.1) is 0 Å². The summed E-state index contributed by atoms with van der Waals surface area (Å²) in [5.41, 5.74) is 1.96. The van der Waals surface area contributed by atoms with Crippen molar-refractivity contribution in [3.63, 3.8) is 0 Å². The molecule has 2 heterocycles. The Kier molecular flexibility index (Phi) is 5.15. The van der Waals surface area contributed by atoms with E-state index in [1.165, 1.54) is 0 Å². The molecule has 1 aliphatic rings. The number of ether oxygens (including phenoxy) is 1. The van der Waals surface area contributed by atoms with E-state index in [4.69, 9.17) is 4.74 Å². The number of nitrogens with zero attached hydrogens (tertiary/aromatic N) is 3. The van der Waals surface area contributed by atoms with Crippen LogP contribution >= 0.6 is 0 Å². The molecule has 2 aromatic rings. The minimum Gasteiger partial charge on any atom is -0.484 e. The van der Waals surface area contributed by atoms with Crippen LogP contribution in [0.2, 0.25) is 0 Å². The van der Waals surface area contributed by atoms with E-state index in [1.54, 1.807) is 16.9 Å². The van der Waals surface area contributed by atoms with Gasteiger partial charge in [0.25, 0.3) is 5.91 Å². The average molecular weight is 327 g/mol. The van der Waals surface area contributed by atoms with Crippen LogP contribution in [-0.2, 0) is 11.8 Å². The van der Waals surface area contributed by atoms with Crippen molar-refractivity contribution < 1.29 is 9.53 Å². The molecule has 1 N–H and O–H groups in total. The number of amides is 1. The molecule has 1 aromatic carbocycles. The van der Waals surface area contributed by atoms with Gasteiger partial charge in [0, 0.05) is 24.8 Å². The summed E-state index contributed by atoms with van der Waals surface area (Å²) in [7, 11) is 3.98. The molecule has 0 bridgehead atoms. The maximum Gasteiger partial charge on any atom is 0.258 e. The van der Waals surface area contributed by atoms with Crippen molar-refractivity contribution in [2.75, 3.05) is 26.7 Å². The maximum atomic E-state index is 12.1. The summed E-state index contributed by atoms with van der Waals surface area (Å²) in [6, 6.07) is 8.82. The van der Waals surface area contributed by atoms with Crippen LogP contribution in [0.3, 0.4) is 0 Å². The summed E-state index contributed by atoms with van der Waals surface area (Å²) in [5, 5.41) is 7.21. The molecular weight excluding hydrogens is 304 g/mol. The number of rotatable bonds is 5. The molecule has 1 aromatic heterocycles. The fourth-order valence-corrected chi connectivity index (χ4v) is 2.84. The number of likely N-dealkylation sites (tertiary alicyclic amines) is 1. The van der Waals surface area contributed by atoms with Crippen molar-refractivity contribution in [3.05, 3.63) is 36.7 Å². The molecule has 1 amide bonds. The Balaban J connectivity index is 1.52. The van der Waals surface area contributed by atoms with Crippen LogP contribution in [0, 0.1) is 6.07 Å². The minimum absolute atomic E-state index is 0.0245. The van der Waals surface area contributed by atoms with E-state index in [0.717, 1.165) is 37.1 Å². The number of piperidine rings is 1. The smallest absolute Gasteiger partial charge is 0.258 e. The Morgan fingerprint density at radius 1 is 1.33 bits per heavy atom. The molecule has 6 heteroatoms. The van der Waals surface area contributed by atoms with Gasteiger partial charge in [-0.05, 0) is 62.8 Å². The standard InChI is InChI=1S/C18H23N4O2/c1-21-8-6-16(7-9-21)20-18(23)13-24-17-5-3-4-14(10-17)15-11-19-22(2)12-15/h4-5,10-12,16H,6-9,13H2,1-2H3,(H,20,23). The number of aryl methyl sites for hydroxylation is 1. The first kappa shape index (κ1) is 16.5. The molecule has 0 unspecified atom stereocenters. The first-order valence-corrected chi connectivity index (χ1v) is 8.21. The average Bonchev–Trinajstić information content (AvgIpc) is 3.02. The van der Waals surface area contributed by atoms with Crippen LogP contribution in [0.15, 0.2) is 30.6 Å². The van der Waals surface area contributed by atoms with E-state index in [9.17, 15) is 4.79 Å². The Morgan fingerprint density at radius 2 is 2.12 bits per heavy atom. The van der Waals surface area contributed by atoms with Gasteiger partial charge in [0.1, 0.15) is 5.75 Å². The monoisotopic (exact) mass is 327 g/mol. The Morgan fingerprint density at radius 3 is 2.83 bits per heavy atom. The van der Waals surface area contributed by atoms with Crippen LogP contribution in [0.1, 0.15) is 12.8 Å². The highest BCUT2D eigenvalue weighted by Crippen LogP contribution is 2.22. The summed E-state index contributed by atoms with van der Waals surface area (Å²) in [5.74, 6) is 0.561. The van der Waals surface area contributed by atoms with Gasteiger partial charge in [-0.1, -0.05) is 0 Å². The van der Waals surface area contributed by atoms with Crippen LogP contribution in [-0.4, -0.2) is 53.4 Å². The van der Waals surface area contributed by atoms with Gasteiger partial charge < -0.3 is 15.0 Å². The van der Waals surface area contributed by atoms with Crippen molar-refractivity contribution in [3.8, 4) is 16.9 Å². The van der Waals surface area contributed by atoms with Crippen LogP contribution in [0.4, 0.5) is 0 Å². The van der Waals surface area contributed by atoms with Crippen LogP contribution in [0.25, 0.3) is 11.1 Å². The number of benzene rings is 1. The number of carbonyl (C=O) groups excluding carboxylic acids is 1. The zero-order valence-corrected chi connectivity index (χ0v) is 14.2. The zero-order valence-electron chi connectivity index (χ0n) is 14.2. The summed E-state index contributed by atoms with van der Waals surface area (Å²) >= 11 is 0. The summed E-state index contributed by atoms with van der Waals surface area (Å²) in [6.07, 6.45) is 5.71. The van der Waals surface area contributed by atoms with Crippen molar-refractivity contribution in [2.24, 2.45) is 7.05 Å². The molecular formula is C18H23N4O2. The van der Waals surface area contributed by atoms with Crippen LogP contribution < -0.4 is 10.1 Å². The lowest BCUT2D eigenvalue weighted by atomic mass is 10.1. The predicted molar refractivity (Wildman–Crippen MR) is 91.6 cm³/mol. The maximum absolute atomic E-state index is 12.1. The first-order chi connectivity index (χ1) is 11.6. The number of nitrogens with one attached hydrogen (secondary N) is 1. The molecule has 6 nitrogen and oxygen atoms in total. The largest absolute Gasteiger partial charge is 0.484 e. The van der Waals surface area contributed by atoms with Crippen molar-refractivity contribution >= 4 is 5.91 Å². The van der Waals surface area contributed by atoms with Gasteiger partial charge in [0.15, 0.2) is 6.61 Å². The van der Waals surface area contributed by atoms with E-state index in [0.29, 0.717) is 5.75 Å². The van der Waals surface area contributed by atoms with Gasteiger partial charge in [-0.2, -0.15) is 5.10 Å². The third-order valence-electron chi connectivity index (χ3n) is 4.25. The Bertz CT molecular complexity index is 690. The van der Waals surface area contributed by atoms with Crippen molar-refractivity contribution in [1.82, 2.24) is 20.0 Å². The minimum atomic E-state index is -0.0728. The molecule has 0 aliphatic carbocycles. The van der Waals surface area contributed by atoms with E-state index in [1.807, 2.05) is 25.4 Å². The molecule has 0 saturated carbocycles. The van der Waals surface area contributed by atoms with Gasteiger partial charge in [0.05, 0.1) is 6.20 Å². The molecule has 24 heavy (non-hydrogen) atoms. The van der Waals surface area contributed by atoms with E-state index >= 15 is 0 Å². The molecule has 1 aliphatic heterocycles. The van der Waals surface area contributed by atoms with Crippen LogP contribution in [0.5, 0.6) is 5.75 Å². The van der Waals surface area contributed by atoms with Crippen molar-refractivity contribution in [1.29, 1.82) is 0 Å². The lowest BCUT2D eigenvalue weighted by Gasteiger charge is -2.29. The predicted octanol–water partition coefficient (Wildman–Crippen LogP) is 1.48. The third-order valence-corrected chi connectivity index (χ3v) is 4.25. The number of aromatic nitrogens is 2. The third kappa shape index (κ3) is 4.35. The second-order valence-corrected chi connectivity index (χ2v) is 6.29. The molecule has 0 spiro atoms. The highest BCUT2D eigenvalue weighted by Gasteiger charge is 2.18. The fraction of sp³-hybridized carbons (Fsp3) is 0.444. The number of hydrogen-bond donors (Lipinski definition) is 1. The number of hydrogen-bond acceptors (Lipinski definition) is 4. The molecule has 1 fully saturated rings. The van der Waals surface area contributed by atoms with Gasteiger partial charge in [-0.25, -0.2) is 0 Å².